The van der Waals surface area contributed by atoms with Crippen molar-refractivity contribution in [1.82, 2.24) is 0 Å². The van der Waals surface area contributed by atoms with Crippen molar-refractivity contribution < 1.29 is 9.58 Å². The third-order valence-corrected chi connectivity index (χ3v) is 1.59. The molecule has 0 rings (SSSR count). The van der Waals surface area contributed by atoms with Crippen LogP contribution in [0.2, 0.25) is 0 Å². The molecule has 0 aliphatic heterocycles. The minimum atomic E-state index is -0.550. The Morgan fingerprint density at radius 1 is 2.00 bits per heavy atom. The molecule has 0 amide bonds. The first kappa shape index (κ1) is 9.36. The zero-order valence-corrected chi connectivity index (χ0v) is 6.47. The number of carbonyl (C=O) groups is 1. The zero-order valence-electron chi connectivity index (χ0n) is 5.65. The van der Waals surface area contributed by atoms with E-state index in [1.807, 2.05) is 6.26 Å². The first-order valence-electron chi connectivity index (χ1n) is 2.68. The van der Waals surface area contributed by atoms with Gasteiger partial charge >= 0.3 is 6.21 Å². The zero-order chi connectivity index (χ0) is 7.98. The fourth-order valence-electron chi connectivity index (χ4n) is 0.414. The fraction of sp³-hybridized carbons (Fsp3) is 0.600. The maximum Gasteiger partial charge on any atom is 0.324 e. The standard InChI is InChI=1S/C5H9N3OS/c1-10-3-4(6)5(9)2-8-7/h2,4H,3,6H2,1H3. The molecule has 56 valence electrons. The van der Waals surface area contributed by atoms with Crippen LogP contribution in [0.3, 0.4) is 0 Å². The van der Waals surface area contributed by atoms with Crippen LogP contribution in [0.5, 0.6) is 0 Å². The largest absolute Gasteiger partial charge is 0.361 e. The lowest BCUT2D eigenvalue weighted by atomic mass is 10.2. The Hall–Kier alpha value is -0.640. The number of nitrogens with two attached hydrogens (primary N) is 1. The van der Waals surface area contributed by atoms with E-state index < -0.39 is 6.04 Å². The number of carbonyl (C=O) groups excluding carboxylic acids is 1. The van der Waals surface area contributed by atoms with E-state index in [9.17, 15) is 4.79 Å². The summed E-state index contributed by atoms with van der Waals surface area (Å²) in [5.41, 5.74) is 13.3. The first-order valence-corrected chi connectivity index (χ1v) is 4.07. The van der Waals surface area contributed by atoms with Gasteiger partial charge in [0, 0.05) is 5.75 Å². The summed E-state index contributed by atoms with van der Waals surface area (Å²) >= 11 is 1.47. The fourth-order valence-corrected chi connectivity index (χ4v) is 0.938. The molecule has 0 saturated carbocycles. The predicted octanol–water partition coefficient (Wildman–Crippen LogP) is -0.454. The number of rotatable bonds is 4. The van der Waals surface area contributed by atoms with Crippen LogP contribution in [0.15, 0.2) is 0 Å². The number of hydrogen-bond acceptors (Lipinski definition) is 3. The molecular weight excluding hydrogens is 150 g/mol. The molecule has 0 saturated heterocycles. The van der Waals surface area contributed by atoms with Crippen molar-refractivity contribution in [2.24, 2.45) is 5.73 Å². The second-order valence-corrected chi connectivity index (χ2v) is 2.62. The van der Waals surface area contributed by atoms with E-state index in [0.29, 0.717) is 5.75 Å². The first-order chi connectivity index (χ1) is 4.72. The van der Waals surface area contributed by atoms with Gasteiger partial charge in [0.25, 0.3) is 5.78 Å². The van der Waals surface area contributed by atoms with Gasteiger partial charge in [-0.05, 0) is 6.26 Å². The van der Waals surface area contributed by atoms with Crippen molar-refractivity contribution in [2.75, 3.05) is 12.0 Å². The number of nitrogens with zero attached hydrogens (tertiary/aromatic N) is 2. The number of Topliss-reactive ketones (excluding diaryl/α,β-unsaturated/α-hetero) is 1. The highest BCUT2D eigenvalue weighted by atomic mass is 32.2. The molecule has 0 spiro atoms. The lowest BCUT2D eigenvalue weighted by Gasteiger charge is -1.99. The summed E-state index contributed by atoms with van der Waals surface area (Å²) in [7, 11) is 0. The normalized spacial score (nSPS) is 11.8. The summed E-state index contributed by atoms with van der Waals surface area (Å²) in [5, 5.41) is 0. The van der Waals surface area contributed by atoms with Crippen LogP contribution in [0.1, 0.15) is 0 Å². The van der Waals surface area contributed by atoms with Gasteiger partial charge in [-0.2, -0.15) is 16.6 Å². The van der Waals surface area contributed by atoms with E-state index in [1.54, 1.807) is 0 Å². The maximum atomic E-state index is 10.7. The SMILES string of the molecule is CSCC(N)C(=O)C=[N+]=[N-]. The van der Waals surface area contributed by atoms with E-state index in [-0.39, 0.29) is 5.78 Å². The second-order valence-electron chi connectivity index (χ2n) is 1.71. The highest BCUT2D eigenvalue weighted by Crippen LogP contribution is 1.93. The molecular formula is C5H9N3OS. The summed E-state index contributed by atoms with van der Waals surface area (Å²) in [6.07, 6.45) is 2.67. The number of ketones is 1. The minimum absolute atomic E-state index is 0.350. The smallest absolute Gasteiger partial charge is 0.324 e. The average Bonchev–Trinajstić information content (AvgIpc) is 1.89. The number of hydrogen-bond donors (Lipinski definition) is 1. The van der Waals surface area contributed by atoms with Gasteiger partial charge in [0.1, 0.15) is 0 Å². The van der Waals surface area contributed by atoms with E-state index in [0.717, 1.165) is 6.21 Å². The van der Waals surface area contributed by atoms with Crippen molar-refractivity contribution in [3.63, 3.8) is 0 Å². The lowest BCUT2D eigenvalue weighted by Crippen LogP contribution is -2.33. The van der Waals surface area contributed by atoms with Gasteiger partial charge in [0.2, 0.25) is 0 Å². The Kier molecular flexibility index (Phi) is 4.84. The molecule has 0 aromatic rings. The van der Waals surface area contributed by atoms with E-state index >= 15 is 0 Å². The molecule has 0 aromatic heterocycles. The van der Waals surface area contributed by atoms with Crippen LogP contribution in [0.4, 0.5) is 0 Å². The van der Waals surface area contributed by atoms with Gasteiger partial charge in [0.05, 0.1) is 6.04 Å². The van der Waals surface area contributed by atoms with Gasteiger partial charge in [-0.15, -0.1) is 0 Å². The molecule has 0 fully saturated rings. The van der Waals surface area contributed by atoms with Crippen LogP contribution in [-0.2, 0) is 4.79 Å². The molecule has 2 N–H and O–H groups in total. The van der Waals surface area contributed by atoms with Gasteiger partial charge in [-0.3, -0.25) is 4.79 Å². The Labute approximate surface area is 63.4 Å². The predicted molar refractivity (Wildman–Crippen MR) is 41.0 cm³/mol. The Balaban J connectivity index is 3.81. The molecule has 4 nitrogen and oxygen atoms in total. The van der Waals surface area contributed by atoms with Crippen molar-refractivity contribution >= 4 is 23.8 Å². The molecule has 5 heteroatoms. The highest BCUT2D eigenvalue weighted by Gasteiger charge is 2.12. The van der Waals surface area contributed by atoms with Gasteiger partial charge < -0.3 is 11.3 Å². The summed E-state index contributed by atoms with van der Waals surface area (Å²) < 4.78 is 0. The third kappa shape index (κ3) is 3.40. The topological polar surface area (TPSA) is 79.5 Å². The molecule has 1 unspecified atom stereocenters. The van der Waals surface area contributed by atoms with Gasteiger partial charge in [-0.1, -0.05) is 0 Å². The summed E-state index contributed by atoms with van der Waals surface area (Å²) in [5.74, 6) is 0.196. The van der Waals surface area contributed by atoms with Gasteiger partial charge in [0.15, 0.2) is 0 Å². The second kappa shape index (κ2) is 5.17. The van der Waals surface area contributed by atoms with Crippen molar-refractivity contribution in [1.29, 1.82) is 0 Å². The van der Waals surface area contributed by atoms with Crippen molar-refractivity contribution in [3.8, 4) is 0 Å². The quantitative estimate of drug-likeness (QED) is 0.342. The van der Waals surface area contributed by atoms with Crippen LogP contribution < -0.4 is 5.73 Å². The molecule has 0 radical (unpaired) electrons. The molecule has 0 bridgehead atoms. The number of thioether (sulfide) groups is 1. The third-order valence-electron chi connectivity index (χ3n) is 0.897. The van der Waals surface area contributed by atoms with Crippen LogP contribution >= 0.6 is 11.8 Å². The van der Waals surface area contributed by atoms with Crippen LogP contribution in [0, 0.1) is 0 Å². The summed E-state index contributed by atoms with van der Waals surface area (Å²) in [6.45, 7) is 0. The van der Waals surface area contributed by atoms with E-state index in [1.165, 1.54) is 11.8 Å². The summed E-state index contributed by atoms with van der Waals surface area (Å²) in [6, 6.07) is -0.550. The highest BCUT2D eigenvalue weighted by molar-refractivity contribution is 7.98. The Bertz CT molecular complexity index is 164. The Morgan fingerprint density at radius 2 is 2.60 bits per heavy atom. The van der Waals surface area contributed by atoms with E-state index in [4.69, 9.17) is 11.3 Å². The van der Waals surface area contributed by atoms with Crippen LogP contribution in [-0.4, -0.2) is 34.8 Å². The van der Waals surface area contributed by atoms with E-state index in [2.05, 4.69) is 4.79 Å². The maximum absolute atomic E-state index is 10.7. The summed E-state index contributed by atoms with van der Waals surface area (Å²) in [4.78, 5) is 13.3. The molecule has 0 heterocycles. The minimum Gasteiger partial charge on any atom is -0.361 e. The lowest BCUT2D eigenvalue weighted by molar-refractivity contribution is -0.116. The van der Waals surface area contributed by atoms with Gasteiger partial charge in [-0.25, -0.2) is 0 Å². The molecule has 0 aliphatic carbocycles. The Morgan fingerprint density at radius 3 is 3.00 bits per heavy atom. The van der Waals surface area contributed by atoms with Crippen molar-refractivity contribution in [2.45, 2.75) is 6.04 Å². The molecule has 10 heavy (non-hydrogen) atoms. The monoisotopic (exact) mass is 159 g/mol. The van der Waals surface area contributed by atoms with Crippen molar-refractivity contribution in [3.05, 3.63) is 5.53 Å². The average molecular weight is 159 g/mol. The van der Waals surface area contributed by atoms with Crippen LogP contribution in [0.25, 0.3) is 5.53 Å². The molecule has 1 atom stereocenters. The molecule has 0 aliphatic rings. The molecule has 0 aromatic carbocycles.